The summed E-state index contributed by atoms with van der Waals surface area (Å²) in [6.07, 6.45) is 1.69. The SMILES string of the molecule is COC(=O)c1ccc(S(=O)(=O)N2CCC[C@H]2C(C)C)o1. The van der Waals surface area contributed by atoms with Gasteiger partial charge in [-0.2, -0.15) is 4.31 Å². The van der Waals surface area contributed by atoms with Gasteiger partial charge in [0.1, 0.15) is 0 Å². The third-order valence-electron chi connectivity index (χ3n) is 3.55. The van der Waals surface area contributed by atoms with Crippen molar-refractivity contribution in [3.05, 3.63) is 17.9 Å². The molecule has 0 spiro atoms. The van der Waals surface area contributed by atoms with Gasteiger partial charge in [0.2, 0.25) is 10.9 Å². The third-order valence-corrected chi connectivity index (χ3v) is 5.35. The highest BCUT2D eigenvalue weighted by Gasteiger charge is 2.38. The lowest BCUT2D eigenvalue weighted by Gasteiger charge is -2.25. The van der Waals surface area contributed by atoms with Crippen molar-refractivity contribution in [3.63, 3.8) is 0 Å². The lowest BCUT2D eigenvalue weighted by Crippen LogP contribution is -2.38. The fourth-order valence-corrected chi connectivity index (χ4v) is 4.26. The second-order valence-electron chi connectivity index (χ2n) is 5.18. The van der Waals surface area contributed by atoms with E-state index in [0.717, 1.165) is 12.8 Å². The Labute approximate surface area is 118 Å². The van der Waals surface area contributed by atoms with E-state index >= 15 is 0 Å². The van der Waals surface area contributed by atoms with Crippen molar-refractivity contribution in [2.45, 2.75) is 37.8 Å². The summed E-state index contributed by atoms with van der Waals surface area (Å²) in [4.78, 5) is 11.3. The highest BCUT2D eigenvalue weighted by Crippen LogP contribution is 2.30. The molecule has 1 aromatic heterocycles. The Morgan fingerprint density at radius 2 is 2.15 bits per heavy atom. The fraction of sp³-hybridized carbons (Fsp3) is 0.615. The predicted octanol–water partition coefficient (Wildman–Crippen LogP) is 1.88. The second-order valence-corrected chi connectivity index (χ2v) is 7.00. The largest absolute Gasteiger partial charge is 0.463 e. The van der Waals surface area contributed by atoms with Gasteiger partial charge < -0.3 is 9.15 Å². The first-order valence-electron chi connectivity index (χ1n) is 6.58. The van der Waals surface area contributed by atoms with Crippen LogP contribution in [0, 0.1) is 5.92 Å². The van der Waals surface area contributed by atoms with Crippen molar-refractivity contribution < 1.29 is 22.4 Å². The molecule has 0 radical (unpaired) electrons. The molecule has 20 heavy (non-hydrogen) atoms. The Bertz CT molecular complexity index is 590. The molecule has 7 heteroatoms. The maximum absolute atomic E-state index is 12.6. The zero-order valence-corrected chi connectivity index (χ0v) is 12.6. The molecule has 0 bridgehead atoms. The van der Waals surface area contributed by atoms with Gasteiger partial charge in [-0.1, -0.05) is 13.8 Å². The number of esters is 1. The second kappa shape index (κ2) is 5.57. The number of carbonyl (C=O) groups excluding carboxylic acids is 1. The number of sulfonamides is 1. The molecule has 6 nitrogen and oxygen atoms in total. The molecule has 112 valence electrons. The van der Waals surface area contributed by atoms with E-state index in [1.54, 1.807) is 0 Å². The fourth-order valence-electron chi connectivity index (χ4n) is 2.52. The summed E-state index contributed by atoms with van der Waals surface area (Å²) < 4.78 is 36.2. The molecule has 1 fully saturated rings. The van der Waals surface area contributed by atoms with Gasteiger partial charge >= 0.3 is 5.97 Å². The lowest BCUT2D eigenvalue weighted by atomic mass is 10.0. The molecule has 0 aliphatic carbocycles. The zero-order valence-electron chi connectivity index (χ0n) is 11.8. The predicted molar refractivity (Wildman–Crippen MR) is 71.8 cm³/mol. The molecule has 2 rings (SSSR count). The third kappa shape index (κ3) is 2.60. The van der Waals surface area contributed by atoms with Gasteiger partial charge in [-0.25, -0.2) is 13.2 Å². The maximum Gasteiger partial charge on any atom is 0.374 e. The van der Waals surface area contributed by atoms with E-state index in [4.69, 9.17) is 4.42 Å². The van der Waals surface area contributed by atoms with E-state index in [1.165, 1.54) is 23.5 Å². The molecule has 2 heterocycles. The minimum atomic E-state index is -3.69. The highest BCUT2D eigenvalue weighted by molar-refractivity contribution is 7.89. The Morgan fingerprint density at radius 3 is 2.75 bits per heavy atom. The van der Waals surface area contributed by atoms with Crippen LogP contribution in [0.2, 0.25) is 0 Å². The lowest BCUT2D eigenvalue weighted by molar-refractivity contribution is 0.0558. The number of furan rings is 1. The molecule has 0 unspecified atom stereocenters. The van der Waals surface area contributed by atoms with Crippen molar-refractivity contribution in [2.24, 2.45) is 5.92 Å². The number of ether oxygens (including phenoxy) is 1. The van der Waals surface area contributed by atoms with Crippen LogP contribution >= 0.6 is 0 Å². The van der Waals surface area contributed by atoms with Gasteiger partial charge in [0.25, 0.3) is 10.0 Å². The Morgan fingerprint density at radius 1 is 1.45 bits per heavy atom. The smallest absolute Gasteiger partial charge is 0.374 e. The molecule has 0 amide bonds. The molecule has 1 atom stereocenters. The van der Waals surface area contributed by atoms with E-state index in [-0.39, 0.29) is 22.8 Å². The van der Waals surface area contributed by atoms with E-state index < -0.39 is 16.0 Å². The van der Waals surface area contributed by atoms with Gasteiger partial charge in [-0.3, -0.25) is 0 Å². The van der Waals surface area contributed by atoms with Crippen LogP contribution in [0.15, 0.2) is 21.6 Å². The summed E-state index contributed by atoms with van der Waals surface area (Å²) in [5, 5.41) is -0.203. The first-order valence-corrected chi connectivity index (χ1v) is 8.02. The molecule has 1 saturated heterocycles. The van der Waals surface area contributed by atoms with Crippen LogP contribution < -0.4 is 0 Å². The average Bonchev–Trinajstić information content (AvgIpc) is 3.06. The molecular formula is C13H19NO5S. The summed E-state index contributed by atoms with van der Waals surface area (Å²) in [7, 11) is -2.48. The molecule has 0 aromatic carbocycles. The summed E-state index contributed by atoms with van der Waals surface area (Å²) in [6, 6.07) is 2.60. The highest BCUT2D eigenvalue weighted by atomic mass is 32.2. The Kier molecular flexibility index (Phi) is 4.19. The molecule has 1 aromatic rings. The van der Waals surface area contributed by atoms with E-state index in [9.17, 15) is 13.2 Å². The van der Waals surface area contributed by atoms with Gasteiger partial charge in [0.15, 0.2) is 0 Å². The van der Waals surface area contributed by atoms with E-state index in [1.807, 2.05) is 13.8 Å². The first-order chi connectivity index (χ1) is 9.37. The number of hydrogen-bond donors (Lipinski definition) is 0. The Hall–Kier alpha value is -1.34. The quantitative estimate of drug-likeness (QED) is 0.794. The normalized spacial score (nSPS) is 20.5. The van der Waals surface area contributed by atoms with Gasteiger partial charge in [0.05, 0.1) is 7.11 Å². The molecule has 1 aliphatic rings. The molecule has 1 aliphatic heterocycles. The van der Waals surface area contributed by atoms with E-state index in [2.05, 4.69) is 4.74 Å². The molecular weight excluding hydrogens is 282 g/mol. The van der Waals surface area contributed by atoms with Crippen LogP contribution in [-0.4, -0.2) is 38.4 Å². The monoisotopic (exact) mass is 301 g/mol. The number of rotatable bonds is 4. The van der Waals surface area contributed by atoms with Crippen molar-refractivity contribution in [2.75, 3.05) is 13.7 Å². The van der Waals surface area contributed by atoms with Crippen molar-refractivity contribution in [1.82, 2.24) is 4.31 Å². The minimum absolute atomic E-state index is 0.0216. The minimum Gasteiger partial charge on any atom is -0.463 e. The number of nitrogens with zero attached hydrogens (tertiary/aromatic N) is 1. The van der Waals surface area contributed by atoms with Crippen LogP contribution in [0.3, 0.4) is 0 Å². The maximum atomic E-state index is 12.6. The number of methoxy groups -OCH3 is 1. The summed E-state index contributed by atoms with van der Waals surface area (Å²) in [5.74, 6) is -0.554. The van der Waals surface area contributed by atoms with Crippen molar-refractivity contribution in [3.8, 4) is 0 Å². The van der Waals surface area contributed by atoms with Gasteiger partial charge in [0, 0.05) is 12.6 Å². The standard InChI is InChI=1S/C13H19NO5S/c1-9(2)10-5-4-8-14(10)20(16,17)12-7-6-11(19-12)13(15)18-3/h6-7,9-10H,4-5,8H2,1-3H3/t10-/m0/s1. The van der Waals surface area contributed by atoms with Crippen molar-refractivity contribution >= 4 is 16.0 Å². The van der Waals surface area contributed by atoms with Crippen LogP contribution in [0.4, 0.5) is 0 Å². The van der Waals surface area contributed by atoms with Crippen LogP contribution in [-0.2, 0) is 14.8 Å². The summed E-state index contributed by atoms with van der Waals surface area (Å²) in [5.41, 5.74) is 0. The molecule has 0 N–H and O–H groups in total. The Balaban J connectivity index is 2.30. The van der Waals surface area contributed by atoms with Gasteiger partial charge in [-0.05, 0) is 30.9 Å². The number of carbonyl (C=O) groups is 1. The van der Waals surface area contributed by atoms with Crippen molar-refractivity contribution in [1.29, 1.82) is 0 Å². The summed E-state index contributed by atoms with van der Waals surface area (Å²) >= 11 is 0. The molecule has 0 saturated carbocycles. The average molecular weight is 301 g/mol. The van der Waals surface area contributed by atoms with E-state index in [0.29, 0.717) is 6.54 Å². The number of hydrogen-bond acceptors (Lipinski definition) is 5. The topological polar surface area (TPSA) is 76.8 Å². The van der Waals surface area contributed by atoms with Crippen LogP contribution in [0.1, 0.15) is 37.2 Å². The van der Waals surface area contributed by atoms with Gasteiger partial charge in [-0.15, -0.1) is 0 Å². The zero-order chi connectivity index (χ0) is 14.9. The summed E-state index contributed by atoms with van der Waals surface area (Å²) in [6.45, 7) is 4.49. The van der Waals surface area contributed by atoms with Crippen LogP contribution in [0.5, 0.6) is 0 Å². The van der Waals surface area contributed by atoms with Crippen LogP contribution in [0.25, 0.3) is 0 Å². The first kappa shape index (κ1) is 15.1.